The normalized spacial score (nSPS) is 11.0. The number of nitrogens with one attached hydrogen (secondary N) is 1. The van der Waals surface area contributed by atoms with Gasteiger partial charge in [0.05, 0.1) is 5.69 Å². The van der Waals surface area contributed by atoms with Crippen LogP contribution in [0.2, 0.25) is 5.02 Å². The molecule has 0 unspecified atom stereocenters. The highest BCUT2D eigenvalue weighted by Crippen LogP contribution is 2.24. The largest absolute Gasteiger partial charge is 0.296 e. The van der Waals surface area contributed by atoms with E-state index in [1.54, 1.807) is 12.3 Å². The Bertz CT molecular complexity index is 1050. The quantitative estimate of drug-likeness (QED) is 0.616. The summed E-state index contributed by atoms with van der Waals surface area (Å²) in [7, 11) is 0. The van der Waals surface area contributed by atoms with Crippen LogP contribution in [0.1, 0.15) is 11.3 Å². The fourth-order valence-corrected chi connectivity index (χ4v) is 2.89. The summed E-state index contributed by atoms with van der Waals surface area (Å²) in [6, 6.07) is 19.1. The van der Waals surface area contributed by atoms with Crippen LogP contribution in [0.25, 0.3) is 16.8 Å². The lowest BCUT2D eigenvalue weighted by molar-refractivity contribution is 0.881. The van der Waals surface area contributed by atoms with E-state index in [1.807, 2.05) is 54.6 Å². The SMILES string of the molecule is O=c1cc(Cc2ccccc2)nc2c(-c3ccc(Cl)cc3)c[nH]n12. The lowest BCUT2D eigenvalue weighted by Gasteiger charge is -2.03. The zero-order valence-electron chi connectivity index (χ0n) is 12.7. The summed E-state index contributed by atoms with van der Waals surface area (Å²) in [6.45, 7) is 0. The van der Waals surface area contributed by atoms with E-state index in [4.69, 9.17) is 11.6 Å². The Morgan fingerprint density at radius 2 is 1.79 bits per heavy atom. The van der Waals surface area contributed by atoms with Crippen LogP contribution in [0.15, 0.2) is 71.7 Å². The summed E-state index contributed by atoms with van der Waals surface area (Å²) in [4.78, 5) is 17.0. The molecule has 0 aliphatic carbocycles. The van der Waals surface area contributed by atoms with Crippen LogP contribution < -0.4 is 5.56 Å². The zero-order valence-corrected chi connectivity index (χ0v) is 13.5. The molecule has 2 aromatic carbocycles. The first-order valence-corrected chi connectivity index (χ1v) is 7.98. The molecule has 24 heavy (non-hydrogen) atoms. The summed E-state index contributed by atoms with van der Waals surface area (Å²) in [5, 5.41) is 3.64. The Labute approximate surface area is 143 Å². The third kappa shape index (κ3) is 2.72. The molecule has 0 spiro atoms. The molecule has 4 nitrogen and oxygen atoms in total. The molecule has 0 aliphatic heterocycles. The van der Waals surface area contributed by atoms with Gasteiger partial charge >= 0.3 is 0 Å². The van der Waals surface area contributed by atoms with E-state index < -0.39 is 0 Å². The van der Waals surface area contributed by atoms with Crippen LogP contribution in [-0.2, 0) is 6.42 Å². The van der Waals surface area contributed by atoms with E-state index in [0.717, 1.165) is 22.4 Å². The van der Waals surface area contributed by atoms with Crippen molar-refractivity contribution < 1.29 is 0 Å². The molecule has 118 valence electrons. The fraction of sp³-hybridized carbons (Fsp3) is 0.0526. The second-order valence-corrected chi connectivity index (χ2v) is 6.04. The number of benzene rings is 2. The van der Waals surface area contributed by atoms with Crippen LogP contribution in [0.5, 0.6) is 0 Å². The number of nitrogens with zero attached hydrogens (tertiary/aromatic N) is 2. The molecule has 0 saturated heterocycles. The summed E-state index contributed by atoms with van der Waals surface area (Å²) < 4.78 is 1.46. The molecule has 0 bridgehead atoms. The Hall–Kier alpha value is -2.85. The first kappa shape index (κ1) is 14.7. The van der Waals surface area contributed by atoms with Gasteiger partial charge in [-0.05, 0) is 23.3 Å². The third-order valence-electron chi connectivity index (χ3n) is 3.93. The first-order valence-electron chi connectivity index (χ1n) is 7.60. The van der Waals surface area contributed by atoms with Gasteiger partial charge in [0.2, 0.25) is 0 Å². The maximum Gasteiger partial charge on any atom is 0.272 e. The molecular formula is C19H14ClN3O. The van der Waals surface area contributed by atoms with Crippen molar-refractivity contribution in [3.8, 4) is 11.1 Å². The fourth-order valence-electron chi connectivity index (χ4n) is 2.77. The third-order valence-corrected chi connectivity index (χ3v) is 4.19. The summed E-state index contributed by atoms with van der Waals surface area (Å²) in [6.07, 6.45) is 2.41. The first-order chi connectivity index (χ1) is 11.7. The van der Waals surface area contributed by atoms with Gasteiger partial charge in [-0.1, -0.05) is 54.1 Å². The van der Waals surface area contributed by atoms with Gasteiger partial charge in [-0.15, -0.1) is 0 Å². The van der Waals surface area contributed by atoms with Gasteiger partial charge in [0.1, 0.15) is 0 Å². The van der Waals surface area contributed by atoms with Crippen LogP contribution in [0, 0.1) is 0 Å². The molecule has 0 radical (unpaired) electrons. The number of halogens is 1. The van der Waals surface area contributed by atoms with Crippen LogP contribution in [-0.4, -0.2) is 14.6 Å². The molecule has 4 rings (SSSR count). The maximum absolute atomic E-state index is 12.4. The van der Waals surface area contributed by atoms with Gasteiger partial charge in [0.25, 0.3) is 5.56 Å². The van der Waals surface area contributed by atoms with Gasteiger partial charge in [0, 0.05) is 29.3 Å². The smallest absolute Gasteiger partial charge is 0.272 e. The number of fused-ring (bicyclic) bond motifs is 1. The van der Waals surface area contributed by atoms with Crippen molar-refractivity contribution in [2.45, 2.75) is 6.42 Å². The molecule has 2 aromatic heterocycles. The number of aromatic amines is 1. The molecule has 1 N–H and O–H groups in total. The molecule has 0 aliphatic rings. The molecular weight excluding hydrogens is 322 g/mol. The molecule has 2 heterocycles. The van der Waals surface area contributed by atoms with E-state index >= 15 is 0 Å². The van der Waals surface area contributed by atoms with Crippen LogP contribution >= 0.6 is 11.6 Å². The van der Waals surface area contributed by atoms with Crippen molar-refractivity contribution in [3.05, 3.63) is 93.5 Å². The average Bonchev–Trinajstić information content (AvgIpc) is 3.01. The van der Waals surface area contributed by atoms with Crippen molar-refractivity contribution in [1.29, 1.82) is 0 Å². The van der Waals surface area contributed by atoms with Crippen LogP contribution in [0.3, 0.4) is 0 Å². The highest BCUT2D eigenvalue weighted by molar-refractivity contribution is 6.30. The number of rotatable bonds is 3. The minimum atomic E-state index is -0.119. The van der Waals surface area contributed by atoms with Gasteiger partial charge in [0.15, 0.2) is 5.65 Å². The minimum Gasteiger partial charge on any atom is -0.296 e. The second kappa shape index (κ2) is 5.98. The van der Waals surface area contributed by atoms with Crippen molar-refractivity contribution in [2.75, 3.05) is 0 Å². The van der Waals surface area contributed by atoms with Crippen molar-refractivity contribution >= 4 is 17.2 Å². The molecule has 0 saturated carbocycles. The Balaban J connectivity index is 1.82. The summed E-state index contributed by atoms with van der Waals surface area (Å²) >= 11 is 5.95. The van der Waals surface area contributed by atoms with Gasteiger partial charge in [-0.3, -0.25) is 9.89 Å². The highest BCUT2D eigenvalue weighted by atomic mass is 35.5. The standard InChI is InChI=1S/C19H14ClN3O/c20-15-8-6-14(7-9-15)17-12-21-23-18(24)11-16(22-19(17)23)10-13-4-2-1-3-5-13/h1-9,11-12,21H,10H2. The monoisotopic (exact) mass is 335 g/mol. The van der Waals surface area contributed by atoms with Crippen molar-refractivity contribution in [2.24, 2.45) is 0 Å². The van der Waals surface area contributed by atoms with E-state index in [1.165, 1.54) is 4.52 Å². The van der Waals surface area contributed by atoms with E-state index in [-0.39, 0.29) is 5.56 Å². The average molecular weight is 336 g/mol. The lowest BCUT2D eigenvalue weighted by Crippen LogP contribution is -2.15. The summed E-state index contributed by atoms with van der Waals surface area (Å²) in [5.74, 6) is 0. The van der Waals surface area contributed by atoms with Crippen molar-refractivity contribution in [1.82, 2.24) is 14.6 Å². The van der Waals surface area contributed by atoms with Crippen LogP contribution in [0.4, 0.5) is 0 Å². The number of hydrogen-bond donors (Lipinski definition) is 1. The Kier molecular flexibility index (Phi) is 3.67. The predicted octanol–water partition coefficient (Wildman–Crippen LogP) is 3.93. The summed E-state index contributed by atoms with van der Waals surface area (Å²) in [5.41, 5.74) is 4.21. The minimum absolute atomic E-state index is 0.119. The highest BCUT2D eigenvalue weighted by Gasteiger charge is 2.11. The van der Waals surface area contributed by atoms with E-state index in [9.17, 15) is 4.79 Å². The second-order valence-electron chi connectivity index (χ2n) is 5.60. The molecule has 4 aromatic rings. The van der Waals surface area contributed by atoms with Crippen molar-refractivity contribution in [3.63, 3.8) is 0 Å². The number of aromatic nitrogens is 3. The van der Waals surface area contributed by atoms with Gasteiger partial charge in [-0.2, -0.15) is 0 Å². The van der Waals surface area contributed by atoms with E-state index in [0.29, 0.717) is 17.1 Å². The molecule has 5 heteroatoms. The molecule has 0 atom stereocenters. The zero-order chi connectivity index (χ0) is 16.5. The van der Waals surface area contributed by atoms with E-state index in [2.05, 4.69) is 10.1 Å². The topological polar surface area (TPSA) is 50.2 Å². The van der Waals surface area contributed by atoms with Gasteiger partial charge < -0.3 is 0 Å². The lowest BCUT2D eigenvalue weighted by atomic mass is 10.1. The molecule has 0 amide bonds. The van der Waals surface area contributed by atoms with Gasteiger partial charge in [-0.25, -0.2) is 9.50 Å². The maximum atomic E-state index is 12.4. The Morgan fingerprint density at radius 3 is 2.54 bits per heavy atom. The number of H-pyrrole nitrogens is 1. The Morgan fingerprint density at radius 1 is 1.04 bits per heavy atom. The molecule has 0 fully saturated rings. The number of hydrogen-bond acceptors (Lipinski definition) is 2. The predicted molar refractivity (Wildman–Crippen MR) is 95.5 cm³/mol.